The van der Waals surface area contributed by atoms with Gasteiger partial charge in [-0.05, 0) is 26.2 Å². The van der Waals surface area contributed by atoms with Crippen LogP contribution in [0.2, 0.25) is 0 Å². The third-order valence-corrected chi connectivity index (χ3v) is 1.25. The maximum atomic E-state index is 5.35. The molecule has 0 aromatic carbocycles. The lowest BCUT2D eigenvalue weighted by Crippen LogP contribution is -2.10. The van der Waals surface area contributed by atoms with Gasteiger partial charge in [0, 0.05) is 6.61 Å². The smallest absolute Gasteiger partial charge is 0.0549 e. The summed E-state index contributed by atoms with van der Waals surface area (Å²) >= 11 is 0. The molecule has 0 N–H and O–H groups in total. The second kappa shape index (κ2) is 4.80. The van der Waals surface area contributed by atoms with E-state index in [1.54, 1.807) is 0 Å². The van der Waals surface area contributed by atoms with Gasteiger partial charge < -0.3 is 4.74 Å². The van der Waals surface area contributed by atoms with E-state index >= 15 is 0 Å². The van der Waals surface area contributed by atoms with Gasteiger partial charge in [0.15, 0.2) is 0 Å². The van der Waals surface area contributed by atoms with Crippen LogP contribution in [0.4, 0.5) is 0 Å². The van der Waals surface area contributed by atoms with Crippen molar-refractivity contribution in [3.8, 4) is 0 Å². The topological polar surface area (TPSA) is 9.23 Å². The molecule has 0 aliphatic carbocycles. The van der Waals surface area contributed by atoms with Gasteiger partial charge in [0.2, 0.25) is 0 Å². The summed E-state index contributed by atoms with van der Waals surface area (Å²) in [6, 6.07) is 0. The Labute approximate surface area is 58.4 Å². The largest absolute Gasteiger partial charge is 0.379 e. The molecule has 56 valence electrons. The molecule has 0 aromatic heterocycles. The molecule has 0 aromatic rings. The maximum Gasteiger partial charge on any atom is 0.0549 e. The Morgan fingerprint density at radius 1 is 1.22 bits per heavy atom. The van der Waals surface area contributed by atoms with E-state index in [4.69, 9.17) is 4.74 Å². The van der Waals surface area contributed by atoms with Gasteiger partial charge in [-0.25, -0.2) is 0 Å². The molecule has 0 radical (unpaired) electrons. The van der Waals surface area contributed by atoms with E-state index in [-0.39, 0.29) is 0 Å². The van der Waals surface area contributed by atoms with Crippen LogP contribution in [0.3, 0.4) is 0 Å². The van der Waals surface area contributed by atoms with Gasteiger partial charge in [-0.2, -0.15) is 0 Å². The fourth-order valence-electron chi connectivity index (χ4n) is 1.02. The zero-order valence-corrected chi connectivity index (χ0v) is 6.98. The molecule has 1 atom stereocenters. The van der Waals surface area contributed by atoms with Crippen LogP contribution >= 0.6 is 0 Å². The zero-order chi connectivity index (χ0) is 7.28. The normalized spacial score (nSPS) is 14.3. The average molecular weight is 130 g/mol. The molecule has 0 spiro atoms. The van der Waals surface area contributed by atoms with E-state index < -0.39 is 0 Å². The first-order valence-electron chi connectivity index (χ1n) is 3.78. The van der Waals surface area contributed by atoms with Crippen LogP contribution in [0.25, 0.3) is 0 Å². The van der Waals surface area contributed by atoms with Gasteiger partial charge in [-0.15, -0.1) is 0 Å². The fraction of sp³-hybridized carbons (Fsp3) is 1.00. The van der Waals surface area contributed by atoms with Crippen molar-refractivity contribution in [1.82, 2.24) is 0 Å². The Morgan fingerprint density at radius 3 is 2.11 bits per heavy atom. The fourth-order valence-corrected chi connectivity index (χ4v) is 1.02. The monoisotopic (exact) mass is 130 g/mol. The summed E-state index contributed by atoms with van der Waals surface area (Å²) in [7, 11) is 0. The van der Waals surface area contributed by atoms with Gasteiger partial charge in [-0.1, -0.05) is 13.8 Å². The molecular formula is C8H18O. The van der Waals surface area contributed by atoms with E-state index in [0.717, 1.165) is 12.5 Å². The summed E-state index contributed by atoms with van der Waals surface area (Å²) in [5, 5.41) is 0. The third-order valence-electron chi connectivity index (χ3n) is 1.25. The van der Waals surface area contributed by atoms with E-state index in [1.807, 2.05) is 6.92 Å². The van der Waals surface area contributed by atoms with Crippen molar-refractivity contribution in [2.45, 2.75) is 40.2 Å². The van der Waals surface area contributed by atoms with Crippen LogP contribution in [-0.2, 0) is 4.74 Å². The Hall–Kier alpha value is -0.0400. The van der Waals surface area contributed by atoms with E-state index in [0.29, 0.717) is 6.10 Å². The lowest BCUT2D eigenvalue weighted by atomic mass is 10.1. The number of hydrogen-bond donors (Lipinski definition) is 0. The summed E-state index contributed by atoms with van der Waals surface area (Å²) in [6.07, 6.45) is 1.61. The first-order valence-corrected chi connectivity index (χ1v) is 3.78. The molecule has 0 heterocycles. The average Bonchev–Trinajstić information content (AvgIpc) is 1.63. The van der Waals surface area contributed by atoms with Crippen LogP contribution in [-0.4, -0.2) is 12.7 Å². The minimum absolute atomic E-state index is 0.440. The second-order valence-electron chi connectivity index (χ2n) is 2.90. The van der Waals surface area contributed by atoms with Crippen LogP contribution in [0.5, 0.6) is 0 Å². The zero-order valence-electron chi connectivity index (χ0n) is 6.98. The highest BCUT2D eigenvalue weighted by Gasteiger charge is 2.02. The van der Waals surface area contributed by atoms with Crippen molar-refractivity contribution in [2.75, 3.05) is 6.61 Å². The molecule has 0 fully saturated rings. The summed E-state index contributed by atoms with van der Waals surface area (Å²) in [5.74, 6) is 0.756. The SMILES string of the molecule is CCO[C@@H](C)CC(C)C. The quantitative estimate of drug-likeness (QED) is 0.568. The van der Waals surface area contributed by atoms with Crippen molar-refractivity contribution in [3.05, 3.63) is 0 Å². The van der Waals surface area contributed by atoms with Gasteiger partial charge in [0.25, 0.3) is 0 Å². The van der Waals surface area contributed by atoms with E-state index in [2.05, 4.69) is 20.8 Å². The van der Waals surface area contributed by atoms with Gasteiger partial charge >= 0.3 is 0 Å². The molecule has 0 amide bonds. The van der Waals surface area contributed by atoms with Crippen molar-refractivity contribution >= 4 is 0 Å². The molecule has 9 heavy (non-hydrogen) atoms. The molecule has 1 heteroatoms. The molecule has 0 saturated carbocycles. The van der Waals surface area contributed by atoms with Crippen LogP contribution in [0.1, 0.15) is 34.1 Å². The van der Waals surface area contributed by atoms with Gasteiger partial charge in [0.1, 0.15) is 0 Å². The number of hydrogen-bond acceptors (Lipinski definition) is 1. The van der Waals surface area contributed by atoms with Crippen LogP contribution < -0.4 is 0 Å². The first-order chi connectivity index (χ1) is 4.16. The van der Waals surface area contributed by atoms with Gasteiger partial charge in [-0.3, -0.25) is 0 Å². The highest BCUT2D eigenvalue weighted by atomic mass is 16.5. The van der Waals surface area contributed by atoms with Crippen LogP contribution in [0.15, 0.2) is 0 Å². The highest BCUT2D eigenvalue weighted by molar-refractivity contribution is 4.52. The highest BCUT2D eigenvalue weighted by Crippen LogP contribution is 2.06. The van der Waals surface area contributed by atoms with Crippen LogP contribution in [0, 0.1) is 5.92 Å². The summed E-state index contributed by atoms with van der Waals surface area (Å²) in [5.41, 5.74) is 0. The molecule has 0 aliphatic heterocycles. The summed E-state index contributed by atoms with van der Waals surface area (Å²) in [6.45, 7) is 9.44. The minimum atomic E-state index is 0.440. The molecule has 0 bridgehead atoms. The van der Waals surface area contributed by atoms with Gasteiger partial charge in [0.05, 0.1) is 6.10 Å². The van der Waals surface area contributed by atoms with E-state index in [9.17, 15) is 0 Å². The Kier molecular flexibility index (Phi) is 4.78. The standard InChI is InChI=1S/C8H18O/c1-5-9-8(4)6-7(2)3/h7-8H,5-6H2,1-4H3/t8-/m0/s1. The van der Waals surface area contributed by atoms with Crippen molar-refractivity contribution < 1.29 is 4.74 Å². The Balaban J connectivity index is 3.15. The predicted octanol–water partition coefficient (Wildman–Crippen LogP) is 2.46. The Morgan fingerprint density at radius 2 is 1.78 bits per heavy atom. The molecule has 0 rings (SSSR count). The van der Waals surface area contributed by atoms with E-state index in [1.165, 1.54) is 6.42 Å². The summed E-state index contributed by atoms with van der Waals surface area (Å²) in [4.78, 5) is 0. The van der Waals surface area contributed by atoms with Crippen molar-refractivity contribution in [2.24, 2.45) is 5.92 Å². The minimum Gasteiger partial charge on any atom is -0.379 e. The second-order valence-corrected chi connectivity index (χ2v) is 2.90. The predicted molar refractivity (Wildman–Crippen MR) is 40.5 cm³/mol. The lowest BCUT2D eigenvalue weighted by Gasteiger charge is -2.12. The van der Waals surface area contributed by atoms with Crippen molar-refractivity contribution in [3.63, 3.8) is 0 Å². The number of ether oxygens (including phenoxy) is 1. The molecule has 0 aliphatic rings. The van der Waals surface area contributed by atoms with Crippen molar-refractivity contribution in [1.29, 1.82) is 0 Å². The number of rotatable bonds is 4. The molecule has 1 nitrogen and oxygen atoms in total. The third kappa shape index (κ3) is 5.84. The summed E-state index contributed by atoms with van der Waals surface area (Å²) < 4.78 is 5.35. The lowest BCUT2D eigenvalue weighted by molar-refractivity contribution is 0.0615. The molecular weight excluding hydrogens is 112 g/mol. The maximum absolute atomic E-state index is 5.35. The Bertz CT molecular complexity index is 59.6. The molecule has 0 unspecified atom stereocenters. The molecule has 0 saturated heterocycles. The first kappa shape index (κ1) is 8.96.